The Morgan fingerprint density at radius 1 is 1.30 bits per heavy atom. The van der Waals surface area contributed by atoms with Gasteiger partial charge in [0.25, 0.3) is 0 Å². The lowest BCUT2D eigenvalue weighted by Crippen LogP contribution is -2.42. The van der Waals surface area contributed by atoms with Crippen molar-refractivity contribution in [3.63, 3.8) is 0 Å². The molecule has 0 aromatic heterocycles. The van der Waals surface area contributed by atoms with Crippen molar-refractivity contribution in [3.05, 3.63) is 12.1 Å². The molecular weight excluding hydrogens is 252 g/mol. The molecule has 1 aliphatic rings. The van der Waals surface area contributed by atoms with E-state index in [0.717, 1.165) is 24.5 Å². The zero-order chi connectivity index (χ0) is 14.7. The average molecular weight is 278 g/mol. The van der Waals surface area contributed by atoms with Crippen LogP contribution in [0.1, 0.15) is 12.8 Å². The highest BCUT2D eigenvalue weighted by Crippen LogP contribution is 2.36. The molecule has 20 heavy (non-hydrogen) atoms. The van der Waals surface area contributed by atoms with E-state index >= 15 is 0 Å². The lowest BCUT2D eigenvalue weighted by Gasteiger charge is -2.37. The van der Waals surface area contributed by atoms with Gasteiger partial charge in [-0.1, -0.05) is 0 Å². The van der Waals surface area contributed by atoms with Crippen molar-refractivity contribution >= 4 is 17.1 Å². The maximum Gasteiger partial charge on any atom is 0.143 e. The van der Waals surface area contributed by atoms with E-state index in [4.69, 9.17) is 10.5 Å². The van der Waals surface area contributed by atoms with Crippen LogP contribution in [0.15, 0.2) is 12.1 Å². The predicted octanol–water partition coefficient (Wildman–Crippen LogP) is 1.85. The van der Waals surface area contributed by atoms with Gasteiger partial charge < -0.3 is 25.6 Å². The average Bonchev–Trinajstić information content (AvgIpc) is 2.47. The van der Waals surface area contributed by atoms with Crippen molar-refractivity contribution in [3.8, 4) is 5.75 Å². The van der Waals surface area contributed by atoms with Crippen LogP contribution in [0.4, 0.5) is 17.1 Å². The van der Waals surface area contributed by atoms with Gasteiger partial charge in [0, 0.05) is 32.2 Å². The predicted molar refractivity (Wildman–Crippen MR) is 85.9 cm³/mol. The lowest BCUT2D eigenvalue weighted by atomic mass is 10.0. The molecule has 1 aromatic rings. The van der Waals surface area contributed by atoms with Crippen LogP contribution in [-0.2, 0) is 0 Å². The maximum absolute atomic E-state index is 5.98. The lowest BCUT2D eigenvalue weighted by molar-refractivity contribution is 0.249. The minimum atomic E-state index is 0.670. The molecular formula is C15H26N4O. The fourth-order valence-electron chi connectivity index (χ4n) is 2.85. The summed E-state index contributed by atoms with van der Waals surface area (Å²) in [5.41, 5.74) is 8.89. The van der Waals surface area contributed by atoms with Crippen molar-refractivity contribution in [2.24, 2.45) is 0 Å². The number of nitrogens with one attached hydrogen (secondary N) is 1. The Morgan fingerprint density at radius 2 is 1.95 bits per heavy atom. The first kappa shape index (κ1) is 14.8. The summed E-state index contributed by atoms with van der Waals surface area (Å²) in [6.07, 6.45) is 2.37. The molecule has 0 aliphatic carbocycles. The Morgan fingerprint density at radius 3 is 2.45 bits per heavy atom. The second-order valence-corrected chi connectivity index (χ2v) is 5.54. The summed E-state index contributed by atoms with van der Waals surface area (Å²) in [6.45, 7) is 2.12. The number of piperidine rings is 1. The largest absolute Gasteiger partial charge is 0.495 e. The van der Waals surface area contributed by atoms with E-state index < -0.39 is 0 Å². The van der Waals surface area contributed by atoms with Crippen LogP contribution < -0.4 is 20.7 Å². The first-order valence-electron chi connectivity index (χ1n) is 7.13. The third-order valence-corrected chi connectivity index (χ3v) is 4.15. The topological polar surface area (TPSA) is 53.8 Å². The molecule has 2 rings (SSSR count). The smallest absolute Gasteiger partial charge is 0.143 e. The van der Waals surface area contributed by atoms with Gasteiger partial charge in [0.1, 0.15) is 5.75 Å². The van der Waals surface area contributed by atoms with Gasteiger partial charge in [-0.25, -0.2) is 0 Å². The molecule has 1 aliphatic heterocycles. The number of nitrogens with two attached hydrogens (primary N) is 1. The van der Waals surface area contributed by atoms with E-state index in [2.05, 4.69) is 29.2 Å². The summed E-state index contributed by atoms with van der Waals surface area (Å²) in [7, 11) is 7.90. The number of hydrogen-bond acceptors (Lipinski definition) is 5. The number of nitrogen functional groups attached to an aromatic ring is 1. The zero-order valence-electron chi connectivity index (χ0n) is 12.9. The monoisotopic (exact) mass is 278 g/mol. The number of anilines is 3. The molecule has 1 saturated heterocycles. The molecule has 3 N–H and O–H groups in total. The highest BCUT2D eigenvalue weighted by molar-refractivity contribution is 5.78. The van der Waals surface area contributed by atoms with Crippen LogP contribution in [-0.4, -0.2) is 52.3 Å². The number of methoxy groups -OCH3 is 1. The molecule has 112 valence electrons. The molecule has 5 nitrogen and oxygen atoms in total. The van der Waals surface area contributed by atoms with E-state index in [0.29, 0.717) is 11.7 Å². The van der Waals surface area contributed by atoms with Gasteiger partial charge in [-0.3, -0.25) is 0 Å². The van der Waals surface area contributed by atoms with Crippen molar-refractivity contribution in [1.29, 1.82) is 0 Å². The van der Waals surface area contributed by atoms with Gasteiger partial charge in [0.15, 0.2) is 0 Å². The fraction of sp³-hybridized carbons (Fsp3) is 0.600. The molecule has 1 fully saturated rings. The molecule has 0 saturated carbocycles. The first-order chi connectivity index (χ1) is 9.56. The van der Waals surface area contributed by atoms with E-state index in [1.807, 2.05) is 19.2 Å². The van der Waals surface area contributed by atoms with Crippen LogP contribution >= 0.6 is 0 Å². The van der Waals surface area contributed by atoms with Crippen LogP contribution in [0, 0.1) is 0 Å². The van der Waals surface area contributed by atoms with Gasteiger partial charge in [0.2, 0.25) is 0 Å². The zero-order valence-corrected chi connectivity index (χ0v) is 12.9. The third-order valence-electron chi connectivity index (χ3n) is 4.15. The molecule has 1 heterocycles. The van der Waals surface area contributed by atoms with Crippen molar-refractivity contribution in [1.82, 2.24) is 4.90 Å². The second-order valence-electron chi connectivity index (χ2n) is 5.54. The van der Waals surface area contributed by atoms with E-state index in [-0.39, 0.29) is 0 Å². The Hall–Kier alpha value is -1.62. The quantitative estimate of drug-likeness (QED) is 0.823. The molecule has 0 bridgehead atoms. The first-order valence-corrected chi connectivity index (χ1v) is 7.13. The minimum Gasteiger partial charge on any atom is -0.495 e. The van der Waals surface area contributed by atoms with E-state index in [1.54, 1.807) is 7.11 Å². The van der Waals surface area contributed by atoms with Gasteiger partial charge in [-0.15, -0.1) is 0 Å². The summed E-state index contributed by atoms with van der Waals surface area (Å²) in [5.74, 6) is 0.744. The SMILES string of the molecule is CNc1cc(N)c(OC)cc1N1CCC(N(C)C)CC1. The third kappa shape index (κ3) is 2.93. The Bertz CT molecular complexity index is 453. The van der Waals surface area contributed by atoms with Crippen LogP contribution in [0.2, 0.25) is 0 Å². The Balaban J connectivity index is 2.20. The number of nitrogens with zero attached hydrogens (tertiary/aromatic N) is 2. The molecule has 0 amide bonds. The standard InChI is InChI=1S/C15H26N4O/c1-17-13-9-12(16)15(20-4)10-14(13)19-7-5-11(6-8-19)18(2)3/h9-11,17H,5-8,16H2,1-4H3. The normalized spacial score (nSPS) is 16.6. The summed E-state index contributed by atoms with van der Waals surface area (Å²) in [5, 5.41) is 3.23. The summed E-state index contributed by atoms with van der Waals surface area (Å²) < 4.78 is 5.35. The fourth-order valence-corrected chi connectivity index (χ4v) is 2.85. The minimum absolute atomic E-state index is 0.670. The van der Waals surface area contributed by atoms with Crippen LogP contribution in [0.25, 0.3) is 0 Å². The Kier molecular flexibility index (Phi) is 4.60. The van der Waals surface area contributed by atoms with Crippen molar-refractivity contribution in [2.75, 3.05) is 57.3 Å². The van der Waals surface area contributed by atoms with Gasteiger partial charge in [-0.2, -0.15) is 0 Å². The highest BCUT2D eigenvalue weighted by atomic mass is 16.5. The van der Waals surface area contributed by atoms with E-state index in [9.17, 15) is 0 Å². The summed E-state index contributed by atoms with van der Waals surface area (Å²) >= 11 is 0. The number of ether oxygens (including phenoxy) is 1. The van der Waals surface area contributed by atoms with Crippen molar-refractivity contribution in [2.45, 2.75) is 18.9 Å². The molecule has 5 heteroatoms. The number of rotatable bonds is 4. The van der Waals surface area contributed by atoms with E-state index in [1.165, 1.54) is 18.5 Å². The summed E-state index contributed by atoms with van der Waals surface area (Å²) in [4.78, 5) is 4.73. The van der Waals surface area contributed by atoms with Gasteiger partial charge in [-0.05, 0) is 33.0 Å². The number of benzene rings is 1. The molecule has 1 aromatic carbocycles. The second kappa shape index (κ2) is 6.22. The van der Waals surface area contributed by atoms with Crippen LogP contribution in [0.3, 0.4) is 0 Å². The maximum atomic E-state index is 5.98. The molecule has 0 spiro atoms. The molecule has 0 atom stereocenters. The summed E-state index contributed by atoms with van der Waals surface area (Å²) in [6, 6.07) is 4.67. The number of hydrogen-bond donors (Lipinski definition) is 2. The van der Waals surface area contributed by atoms with Gasteiger partial charge in [0.05, 0.1) is 24.2 Å². The molecule has 0 unspecified atom stereocenters. The highest BCUT2D eigenvalue weighted by Gasteiger charge is 2.23. The van der Waals surface area contributed by atoms with Crippen molar-refractivity contribution < 1.29 is 4.74 Å². The van der Waals surface area contributed by atoms with Crippen LogP contribution in [0.5, 0.6) is 5.75 Å². The van der Waals surface area contributed by atoms with Gasteiger partial charge >= 0.3 is 0 Å². The molecule has 0 radical (unpaired) electrons. The Labute approximate surface area is 121 Å².